The summed E-state index contributed by atoms with van der Waals surface area (Å²) in [5, 5.41) is 3.35. The maximum Gasteiger partial charge on any atom is 0.255 e. The maximum absolute atomic E-state index is 12.5. The van der Waals surface area contributed by atoms with E-state index in [4.69, 9.17) is 11.6 Å². The minimum atomic E-state index is 0.00402. The highest BCUT2D eigenvalue weighted by molar-refractivity contribution is 6.33. The van der Waals surface area contributed by atoms with Crippen molar-refractivity contribution in [2.45, 2.75) is 18.9 Å². The molecule has 1 aliphatic heterocycles. The number of hydrogen-bond donors (Lipinski definition) is 1. The minimum Gasteiger partial charge on any atom is -0.373 e. The summed E-state index contributed by atoms with van der Waals surface area (Å²) >= 11 is 6.11. The molecule has 0 aromatic carbocycles. The molecule has 1 amide bonds. The average molecular weight is 295 g/mol. The first kappa shape index (κ1) is 13.6. The fourth-order valence-corrected chi connectivity index (χ4v) is 2.82. The molecule has 2 heterocycles. The highest BCUT2D eigenvalue weighted by Gasteiger charge is 2.32. The summed E-state index contributed by atoms with van der Waals surface area (Å²) in [6.45, 7) is 3.50. The zero-order chi connectivity index (χ0) is 14.1. The van der Waals surface area contributed by atoms with Crippen molar-refractivity contribution in [2.24, 2.45) is 0 Å². The molecule has 0 radical (unpaired) electrons. The van der Waals surface area contributed by atoms with E-state index in [-0.39, 0.29) is 5.91 Å². The molecule has 108 valence electrons. The lowest BCUT2D eigenvalue weighted by atomic mass is 10.2. The number of carbonyl (C=O) groups excluding carboxylic acids is 1. The molecule has 0 bridgehead atoms. The Morgan fingerprint density at radius 1 is 1.35 bits per heavy atom. The zero-order valence-electron chi connectivity index (χ0n) is 11.6. The number of aromatic nitrogens is 1. The van der Waals surface area contributed by atoms with E-state index < -0.39 is 0 Å². The van der Waals surface area contributed by atoms with E-state index >= 15 is 0 Å². The van der Waals surface area contributed by atoms with Crippen LogP contribution in [0, 0.1) is 0 Å². The highest BCUT2D eigenvalue weighted by atomic mass is 35.5. The van der Waals surface area contributed by atoms with Crippen LogP contribution in [0.4, 0.5) is 5.82 Å². The van der Waals surface area contributed by atoms with E-state index in [9.17, 15) is 4.79 Å². The van der Waals surface area contributed by atoms with Gasteiger partial charge in [-0.3, -0.25) is 9.69 Å². The number of nitrogens with zero attached hydrogens (tertiary/aromatic N) is 3. The molecule has 0 unspecified atom stereocenters. The van der Waals surface area contributed by atoms with Crippen molar-refractivity contribution in [1.82, 2.24) is 14.8 Å². The summed E-state index contributed by atoms with van der Waals surface area (Å²) < 4.78 is 0. The van der Waals surface area contributed by atoms with E-state index in [1.54, 1.807) is 13.1 Å². The second-order valence-corrected chi connectivity index (χ2v) is 5.77. The van der Waals surface area contributed by atoms with Gasteiger partial charge in [-0.2, -0.15) is 0 Å². The lowest BCUT2D eigenvalue weighted by Gasteiger charge is -2.35. The van der Waals surface area contributed by atoms with Crippen LogP contribution in [0.15, 0.2) is 12.3 Å². The fourth-order valence-electron chi connectivity index (χ4n) is 2.64. The molecule has 5 nitrogen and oxygen atoms in total. The number of amides is 1. The van der Waals surface area contributed by atoms with E-state index in [1.165, 1.54) is 19.0 Å². The second kappa shape index (κ2) is 5.58. The van der Waals surface area contributed by atoms with Crippen LogP contribution in [0.2, 0.25) is 5.02 Å². The van der Waals surface area contributed by atoms with Crippen LogP contribution >= 0.6 is 11.6 Å². The zero-order valence-corrected chi connectivity index (χ0v) is 12.4. The Kier molecular flexibility index (Phi) is 3.81. The maximum atomic E-state index is 12.5. The molecular formula is C14H19ClN4O. The van der Waals surface area contributed by atoms with Crippen LogP contribution in [0.5, 0.6) is 0 Å². The first-order chi connectivity index (χ1) is 9.69. The minimum absolute atomic E-state index is 0.00402. The first-order valence-corrected chi connectivity index (χ1v) is 7.43. The summed E-state index contributed by atoms with van der Waals surface area (Å²) in [6, 6.07) is 2.49. The summed E-state index contributed by atoms with van der Waals surface area (Å²) in [6.07, 6.45) is 4.16. The molecule has 1 N–H and O–H groups in total. The van der Waals surface area contributed by atoms with Gasteiger partial charge in [0.25, 0.3) is 5.91 Å². The van der Waals surface area contributed by atoms with Crippen molar-refractivity contribution >= 4 is 23.3 Å². The third-order valence-corrected chi connectivity index (χ3v) is 4.31. The van der Waals surface area contributed by atoms with E-state index in [1.807, 2.05) is 4.90 Å². The third-order valence-electron chi connectivity index (χ3n) is 4.01. The van der Waals surface area contributed by atoms with Gasteiger partial charge in [-0.05, 0) is 18.9 Å². The quantitative estimate of drug-likeness (QED) is 0.922. The summed E-state index contributed by atoms with van der Waals surface area (Å²) in [4.78, 5) is 21.0. The Morgan fingerprint density at radius 3 is 2.65 bits per heavy atom. The van der Waals surface area contributed by atoms with Crippen LogP contribution < -0.4 is 5.32 Å². The molecule has 20 heavy (non-hydrogen) atoms. The third kappa shape index (κ3) is 2.74. The standard InChI is InChI=1S/C14H19ClN4O/c1-16-13-8-11(12(15)9-17-13)14(20)19-6-4-18(5-7-19)10-2-3-10/h8-10H,2-7H2,1H3,(H,16,17). The van der Waals surface area contributed by atoms with E-state index in [2.05, 4.69) is 15.2 Å². The molecular weight excluding hydrogens is 276 g/mol. The molecule has 2 aliphatic rings. The number of piperazine rings is 1. The topological polar surface area (TPSA) is 48.5 Å². The Bertz CT molecular complexity index is 510. The Labute approximate surface area is 123 Å². The number of rotatable bonds is 3. The number of nitrogens with one attached hydrogen (secondary N) is 1. The van der Waals surface area contributed by atoms with Crippen LogP contribution in [-0.2, 0) is 0 Å². The summed E-state index contributed by atoms with van der Waals surface area (Å²) in [5.41, 5.74) is 0.533. The van der Waals surface area contributed by atoms with Gasteiger partial charge in [0, 0.05) is 45.5 Å². The van der Waals surface area contributed by atoms with Crippen molar-refractivity contribution in [3.05, 3.63) is 22.8 Å². The van der Waals surface area contributed by atoms with E-state index in [0.717, 1.165) is 32.2 Å². The highest BCUT2D eigenvalue weighted by Crippen LogP contribution is 2.28. The molecule has 1 saturated carbocycles. The monoisotopic (exact) mass is 294 g/mol. The van der Waals surface area contributed by atoms with Gasteiger partial charge >= 0.3 is 0 Å². The van der Waals surface area contributed by atoms with Gasteiger partial charge in [0.05, 0.1) is 10.6 Å². The van der Waals surface area contributed by atoms with Crippen LogP contribution in [0.3, 0.4) is 0 Å². The van der Waals surface area contributed by atoms with Crippen molar-refractivity contribution in [3.8, 4) is 0 Å². The molecule has 1 aromatic heterocycles. The fraction of sp³-hybridized carbons (Fsp3) is 0.571. The van der Waals surface area contributed by atoms with Gasteiger partial charge in [0.2, 0.25) is 0 Å². The Balaban J connectivity index is 1.69. The van der Waals surface area contributed by atoms with Crippen molar-refractivity contribution < 1.29 is 4.79 Å². The van der Waals surface area contributed by atoms with Crippen molar-refractivity contribution in [2.75, 3.05) is 38.5 Å². The Hall–Kier alpha value is -1.33. The van der Waals surface area contributed by atoms with Gasteiger partial charge in [-0.25, -0.2) is 4.98 Å². The van der Waals surface area contributed by atoms with E-state index in [0.29, 0.717) is 16.4 Å². The molecule has 3 rings (SSSR count). The molecule has 2 fully saturated rings. The molecule has 1 aliphatic carbocycles. The summed E-state index contributed by atoms with van der Waals surface area (Å²) in [7, 11) is 1.78. The Morgan fingerprint density at radius 2 is 2.05 bits per heavy atom. The largest absolute Gasteiger partial charge is 0.373 e. The summed E-state index contributed by atoms with van der Waals surface area (Å²) in [5.74, 6) is 0.665. The number of hydrogen-bond acceptors (Lipinski definition) is 4. The van der Waals surface area contributed by atoms with Crippen molar-refractivity contribution in [3.63, 3.8) is 0 Å². The molecule has 1 aromatic rings. The van der Waals surface area contributed by atoms with Gasteiger partial charge in [-0.15, -0.1) is 0 Å². The van der Waals surface area contributed by atoms with Gasteiger partial charge in [0.15, 0.2) is 0 Å². The predicted octanol–water partition coefficient (Wildman–Crippen LogP) is 1.70. The van der Waals surface area contributed by atoms with Gasteiger partial charge < -0.3 is 10.2 Å². The molecule has 0 atom stereocenters. The lowest BCUT2D eigenvalue weighted by molar-refractivity contribution is 0.0627. The van der Waals surface area contributed by atoms with Crippen molar-refractivity contribution in [1.29, 1.82) is 0 Å². The first-order valence-electron chi connectivity index (χ1n) is 7.05. The second-order valence-electron chi connectivity index (χ2n) is 5.36. The molecule has 0 spiro atoms. The number of carbonyl (C=O) groups is 1. The molecule has 1 saturated heterocycles. The average Bonchev–Trinajstić information content (AvgIpc) is 3.32. The van der Waals surface area contributed by atoms with Crippen LogP contribution in [0.25, 0.3) is 0 Å². The number of pyridine rings is 1. The SMILES string of the molecule is CNc1cc(C(=O)N2CCN(C3CC3)CC2)c(Cl)cn1. The van der Waals surface area contributed by atoms with Gasteiger partial charge in [0.1, 0.15) is 5.82 Å². The van der Waals surface area contributed by atoms with Gasteiger partial charge in [-0.1, -0.05) is 11.6 Å². The number of halogens is 1. The molecule has 6 heteroatoms. The smallest absolute Gasteiger partial charge is 0.255 e. The van der Waals surface area contributed by atoms with Crippen LogP contribution in [0.1, 0.15) is 23.2 Å². The predicted molar refractivity (Wildman–Crippen MR) is 79.3 cm³/mol. The van der Waals surface area contributed by atoms with Crippen LogP contribution in [-0.4, -0.2) is 60.0 Å². The normalized spacial score (nSPS) is 20.0. The number of anilines is 1. The lowest BCUT2D eigenvalue weighted by Crippen LogP contribution is -2.49.